The summed E-state index contributed by atoms with van der Waals surface area (Å²) < 4.78 is 49.7. The molecule has 0 atom stereocenters. The molecule has 0 saturated heterocycles. The lowest BCUT2D eigenvalue weighted by molar-refractivity contribution is 0.595. The van der Waals surface area contributed by atoms with Crippen molar-refractivity contribution in [3.05, 3.63) is 53.0 Å². The molecule has 2 rings (SSSR count). The first-order chi connectivity index (χ1) is 9.68. The lowest BCUT2D eigenvalue weighted by Gasteiger charge is -2.08. The summed E-state index contributed by atoms with van der Waals surface area (Å²) in [6, 6.07) is 11.3. The van der Waals surface area contributed by atoms with Crippen LogP contribution >= 0.6 is 15.9 Å². The number of nitrogens with one attached hydrogen (secondary N) is 1. The van der Waals surface area contributed by atoms with E-state index in [4.69, 9.17) is 5.14 Å². The number of primary sulfonamides is 1. The van der Waals surface area contributed by atoms with Crippen molar-refractivity contribution >= 4 is 41.7 Å². The highest BCUT2D eigenvalue weighted by Crippen LogP contribution is 2.20. The van der Waals surface area contributed by atoms with Gasteiger partial charge in [0.1, 0.15) is 0 Å². The Morgan fingerprint density at radius 3 is 2.00 bits per heavy atom. The summed E-state index contributed by atoms with van der Waals surface area (Å²) in [5.74, 6) is 0. The minimum atomic E-state index is -3.85. The second-order valence-electron chi connectivity index (χ2n) is 4.13. The van der Waals surface area contributed by atoms with E-state index in [1.165, 1.54) is 12.1 Å². The molecule has 6 nitrogen and oxygen atoms in total. The predicted molar refractivity (Wildman–Crippen MR) is 82.8 cm³/mol. The fourth-order valence-electron chi connectivity index (χ4n) is 1.57. The van der Waals surface area contributed by atoms with Crippen LogP contribution in [0.5, 0.6) is 0 Å². The monoisotopic (exact) mass is 390 g/mol. The summed E-state index contributed by atoms with van der Waals surface area (Å²) in [5, 5.41) is 4.96. The lowest BCUT2D eigenvalue weighted by Crippen LogP contribution is -2.15. The third kappa shape index (κ3) is 4.03. The van der Waals surface area contributed by atoms with Crippen LogP contribution in [0.2, 0.25) is 0 Å². The summed E-state index contributed by atoms with van der Waals surface area (Å²) >= 11 is 3.24. The summed E-state index contributed by atoms with van der Waals surface area (Å²) in [5.41, 5.74) is 0.389. The van der Waals surface area contributed by atoms with E-state index in [0.717, 1.165) is 16.6 Å². The molecule has 0 aromatic heterocycles. The number of rotatable bonds is 4. The van der Waals surface area contributed by atoms with Gasteiger partial charge in [0.25, 0.3) is 10.0 Å². The maximum atomic E-state index is 12.2. The molecule has 0 aliphatic heterocycles. The fraction of sp³-hybridized carbons (Fsp3) is 0. The van der Waals surface area contributed by atoms with Crippen molar-refractivity contribution in [1.82, 2.24) is 0 Å². The highest BCUT2D eigenvalue weighted by Gasteiger charge is 2.16. The van der Waals surface area contributed by atoms with Crippen LogP contribution in [-0.4, -0.2) is 16.8 Å². The first kappa shape index (κ1) is 16.0. The van der Waals surface area contributed by atoms with Crippen molar-refractivity contribution < 1.29 is 16.8 Å². The molecule has 0 fully saturated rings. The topological polar surface area (TPSA) is 106 Å². The van der Waals surface area contributed by atoms with E-state index in [1.54, 1.807) is 24.3 Å². The van der Waals surface area contributed by atoms with Crippen molar-refractivity contribution in [1.29, 1.82) is 0 Å². The molecule has 2 aromatic rings. The van der Waals surface area contributed by atoms with Gasteiger partial charge in [-0.3, -0.25) is 4.72 Å². The molecule has 0 heterocycles. The summed E-state index contributed by atoms with van der Waals surface area (Å²) in [4.78, 5) is -0.209. The Balaban J connectivity index is 2.32. The molecule has 0 aliphatic rings. The molecule has 112 valence electrons. The smallest absolute Gasteiger partial charge is 0.261 e. The van der Waals surface area contributed by atoms with E-state index < -0.39 is 20.0 Å². The predicted octanol–water partition coefficient (Wildman–Crippen LogP) is 1.90. The van der Waals surface area contributed by atoms with Crippen LogP contribution in [0.25, 0.3) is 0 Å². The van der Waals surface area contributed by atoms with E-state index in [-0.39, 0.29) is 9.79 Å². The molecule has 0 spiro atoms. The van der Waals surface area contributed by atoms with Gasteiger partial charge < -0.3 is 0 Å². The van der Waals surface area contributed by atoms with E-state index in [2.05, 4.69) is 20.7 Å². The summed E-state index contributed by atoms with van der Waals surface area (Å²) in [7, 11) is -7.65. The van der Waals surface area contributed by atoms with Crippen LogP contribution in [-0.2, 0) is 20.0 Å². The zero-order valence-corrected chi connectivity index (χ0v) is 13.7. The lowest BCUT2D eigenvalue weighted by atomic mass is 10.3. The third-order valence-electron chi connectivity index (χ3n) is 2.54. The Labute approximate surface area is 131 Å². The van der Waals surface area contributed by atoms with Gasteiger partial charge in [-0.15, -0.1) is 0 Å². The normalized spacial score (nSPS) is 12.1. The molecular weight excluding hydrogens is 380 g/mol. The Morgan fingerprint density at radius 2 is 1.48 bits per heavy atom. The zero-order valence-electron chi connectivity index (χ0n) is 10.5. The van der Waals surface area contributed by atoms with Gasteiger partial charge >= 0.3 is 0 Å². The number of nitrogens with two attached hydrogens (primary N) is 1. The molecule has 0 radical (unpaired) electrons. The molecule has 0 amide bonds. The van der Waals surface area contributed by atoms with Gasteiger partial charge in [-0.05, 0) is 42.5 Å². The Kier molecular flexibility index (Phi) is 4.38. The van der Waals surface area contributed by atoms with E-state index >= 15 is 0 Å². The van der Waals surface area contributed by atoms with Crippen LogP contribution in [0.15, 0.2) is 62.8 Å². The largest absolute Gasteiger partial charge is 0.280 e. The number of benzene rings is 2. The molecule has 0 aliphatic carbocycles. The number of anilines is 1. The number of halogens is 1. The molecule has 0 bridgehead atoms. The van der Waals surface area contributed by atoms with E-state index in [9.17, 15) is 16.8 Å². The van der Waals surface area contributed by atoms with Crippen molar-refractivity contribution in [3.63, 3.8) is 0 Å². The third-order valence-corrected chi connectivity index (χ3v) is 5.36. The van der Waals surface area contributed by atoms with Crippen molar-refractivity contribution in [2.24, 2.45) is 5.14 Å². The minimum Gasteiger partial charge on any atom is -0.280 e. The van der Waals surface area contributed by atoms with Crippen LogP contribution in [0, 0.1) is 0 Å². The second-order valence-corrected chi connectivity index (χ2v) is 8.29. The molecule has 0 saturated carbocycles. The summed E-state index contributed by atoms with van der Waals surface area (Å²) in [6.07, 6.45) is 0. The minimum absolute atomic E-state index is 0.0603. The molecule has 2 aromatic carbocycles. The standard InChI is InChI=1S/C12H11BrN2O4S2/c13-9-2-1-3-10(8-9)15-21(18,19)12-6-4-11(5-7-12)20(14,16)17/h1-8,15H,(H2,14,16,17). The van der Waals surface area contributed by atoms with Gasteiger partial charge in [0, 0.05) is 10.2 Å². The first-order valence-electron chi connectivity index (χ1n) is 5.60. The molecular formula is C12H11BrN2O4S2. The Hall–Kier alpha value is -1.42. The van der Waals surface area contributed by atoms with Gasteiger partial charge in [-0.25, -0.2) is 22.0 Å². The van der Waals surface area contributed by atoms with Crippen LogP contribution < -0.4 is 9.86 Å². The number of sulfonamides is 2. The van der Waals surface area contributed by atoms with Crippen LogP contribution in [0.4, 0.5) is 5.69 Å². The van der Waals surface area contributed by atoms with Crippen molar-refractivity contribution in [2.75, 3.05) is 4.72 Å². The second kappa shape index (κ2) is 5.76. The van der Waals surface area contributed by atoms with Gasteiger partial charge in [0.15, 0.2) is 0 Å². The quantitative estimate of drug-likeness (QED) is 0.830. The van der Waals surface area contributed by atoms with Crippen LogP contribution in [0.3, 0.4) is 0 Å². The summed E-state index contributed by atoms with van der Waals surface area (Å²) in [6.45, 7) is 0. The van der Waals surface area contributed by atoms with Crippen molar-refractivity contribution in [2.45, 2.75) is 9.79 Å². The van der Waals surface area contributed by atoms with Gasteiger partial charge in [0.2, 0.25) is 10.0 Å². The maximum Gasteiger partial charge on any atom is 0.261 e. The van der Waals surface area contributed by atoms with Gasteiger partial charge in [-0.2, -0.15) is 0 Å². The van der Waals surface area contributed by atoms with Gasteiger partial charge in [-0.1, -0.05) is 22.0 Å². The zero-order chi connectivity index (χ0) is 15.7. The first-order valence-corrected chi connectivity index (χ1v) is 9.42. The SMILES string of the molecule is NS(=O)(=O)c1ccc(S(=O)(=O)Nc2cccc(Br)c2)cc1. The Morgan fingerprint density at radius 1 is 0.905 bits per heavy atom. The van der Waals surface area contributed by atoms with Gasteiger partial charge in [0.05, 0.1) is 9.79 Å². The number of hydrogen-bond donors (Lipinski definition) is 2. The molecule has 0 unspecified atom stereocenters. The average Bonchev–Trinajstić information content (AvgIpc) is 2.37. The molecule has 21 heavy (non-hydrogen) atoms. The van der Waals surface area contributed by atoms with E-state index in [0.29, 0.717) is 5.69 Å². The molecule has 9 heteroatoms. The fourth-order valence-corrected chi connectivity index (χ4v) is 3.54. The average molecular weight is 391 g/mol. The highest BCUT2D eigenvalue weighted by atomic mass is 79.9. The Bertz CT molecular complexity index is 862. The highest BCUT2D eigenvalue weighted by molar-refractivity contribution is 9.10. The van der Waals surface area contributed by atoms with E-state index in [1.807, 2.05) is 0 Å². The van der Waals surface area contributed by atoms with Crippen molar-refractivity contribution in [3.8, 4) is 0 Å². The van der Waals surface area contributed by atoms with Crippen LogP contribution in [0.1, 0.15) is 0 Å². The number of hydrogen-bond acceptors (Lipinski definition) is 4. The maximum absolute atomic E-state index is 12.2. The molecule has 3 N–H and O–H groups in total.